The maximum Gasteiger partial charge on any atom is 0.216 e. The molecule has 0 fully saturated rings. The number of hydrogen-bond acceptors (Lipinski definition) is 2. The van der Waals surface area contributed by atoms with E-state index in [4.69, 9.17) is 17.7 Å². The molecule has 1 heterocycles. The fourth-order valence-corrected chi connectivity index (χ4v) is 1.46. The first kappa shape index (κ1) is 8.30. The Morgan fingerprint density at radius 1 is 1.57 bits per heavy atom. The Bertz CT molecular complexity index is 429. The van der Waals surface area contributed by atoms with Gasteiger partial charge < -0.3 is 4.74 Å². The van der Waals surface area contributed by atoms with E-state index in [9.17, 15) is 0 Å². The number of benzene rings is 1. The molecule has 0 radical (unpaired) electrons. The minimum absolute atomic E-state index is 0.204. The summed E-state index contributed by atoms with van der Waals surface area (Å²) in [5, 5.41) is 0.420. The van der Waals surface area contributed by atoms with E-state index in [-0.39, 0.29) is 11.6 Å². The lowest BCUT2D eigenvalue weighted by Crippen LogP contribution is -2.17. The van der Waals surface area contributed by atoms with Crippen LogP contribution in [0.2, 0.25) is 5.02 Å². The Kier molecular flexibility index (Phi) is 1.95. The summed E-state index contributed by atoms with van der Waals surface area (Å²) in [5.41, 5.74) is 0.456. The third-order valence-electron chi connectivity index (χ3n) is 1.96. The largest absolute Gasteiger partial charge is 0.475 e. The van der Waals surface area contributed by atoms with Crippen molar-refractivity contribution in [2.75, 3.05) is 6.61 Å². The average Bonchev–Trinajstić information content (AvgIpc) is 2.51. The monoisotopic (exact) mass is 211 g/mol. The summed E-state index contributed by atoms with van der Waals surface area (Å²) >= 11 is 5.87. The number of hydrogen-bond donors (Lipinski definition) is 0. The number of halogens is 1. The van der Waals surface area contributed by atoms with Crippen molar-refractivity contribution in [1.29, 1.82) is 0 Å². The first-order valence-corrected chi connectivity index (χ1v) is 4.85. The molecule has 0 atom stereocenters. The van der Waals surface area contributed by atoms with Crippen molar-refractivity contribution in [2.45, 2.75) is 19.4 Å². The molecule has 14 heavy (non-hydrogen) atoms. The van der Waals surface area contributed by atoms with E-state index in [1.165, 1.54) is 0 Å². The molecule has 0 aliphatic carbocycles. The van der Waals surface area contributed by atoms with Gasteiger partial charge in [-0.1, -0.05) is 17.7 Å². The zero-order valence-electron chi connectivity index (χ0n) is 9.17. The van der Waals surface area contributed by atoms with Crippen LogP contribution < -0.4 is 0 Å². The van der Waals surface area contributed by atoms with Crippen molar-refractivity contribution in [3.05, 3.63) is 34.8 Å². The van der Waals surface area contributed by atoms with E-state index in [0.29, 0.717) is 23.1 Å². The number of aliphatic imine (C=N–C) groups is 1. The van der Waals surface area contributed by atoms with Crippen LogP contribution in [0.5, 0.6) is 0 Å². The predicted octanol–water partition coefficient (Wildman–Crippen LogP) is 2.90. The molecule has 2 rings (SSSR count). The van der Waals surface area contributed by atoms with Crippen molar-refractivity contribution < 1.29 is 6.11 Å². The second-order valence-electron chi connectivity index (χ2n) is 3.93. The van der Waals surface area contributed by atoms with Crippen LogP contribution in [0, 0.1) is 0 Å². The fourth-order valence-electron chi connectivity index (χ4n) is 1.29. The molecule has 0 bridgehead atoms. The predicted molar refractivity (Wildman–Crippen MR) is 58.0 cm³/mol. The van der Waals surface area contributed by atoms with Gasteiger partial charge in [0, 0.05) is 10.6 Å². The van der Waals surface area contributed by atoms with Crippen LogP contribution in [0.15, 0.2) is 29.2 Å². The molecule has 0 saturated carbocycles. The van der Waals surface area contributed by atoms with Gasteiger partial charge in [0.15, 0.2) is 0 Å². The van der Waals surface area contributed by atoms with Gasteiger partial charge in [0.05, 0.1) is 6.91 Å². The standard InChI is InChI=1S/C11H12ClNO/c1-11(2)7-14-10(13-11)8-4-3-5-9(12)6-8/h3-6H,7H2,1-2H3/i6T. The maximum absolute atomic E-state index is 7.80. The molecule has 1 aromatic rings. The van der Waals surface area contributed by atoms with E-state index in [0.717, 1.165) is 0 Å². The topological polar surface area (TPSA) is 21.6 Å². The Balaban J connectivity index is 2.44. The molecular formula is C11H12ClNO. The van der Waals surface area contributed by atoms with Gasteiger partial charge in [-0.2, -0.15) is 0 Å². The minimum atomic E-state index is -0.204. The van der Waals surface area contributed by atoms with Crippen LogP contribution in [-0.2, 0) is 4.74 Å². The summed E-state index contributed by atoms with van der Waals surface area (Å²) in [7, 11) is 0. The molecule has 3 heteroatoms. The minimum Gasteiger partial charge on any atom is -0.475 e. The van der Waals surface area contributed by atoms with Gasteiger partial charge in [0.2, 0.25) is 5.90 Å². The Morgan fingerprint density at radius 2 is 2.36 bits per heavy atom. The molecule has 0 aromatic heterocycles. The smallest absolute Gasteiger partial charge is 0.216 e. The third-order valence-corrected chi connectivity index (χ3v) is 2.18. The lowest BCUT2D eigenvalue weighted by molar-refractivity contribution is 0.279. The SMILES string of the molecule is [3H]c1c(Cl)cccc1C1=NC(C)(C)CO1. The van der Waals surface area contributed by atoms with E-state index < -0.39 is 0 Å². The first-order valence-electron chi connectivity index (χ1n) is 4.98. The van der Waals surface area contributed by atoms with E-state index in [2.05, 4.69) is 4.99 Å². The first-order chi connectivity index (χ1) is 6.99. The van der Waals surface area contributed by atoms with Gasteiger partial charge in [0.25, 0.3) is 0 Å². The molecule has 1 aliphatic rings. The summed E-state index contributed by atoms with van der Waals surface area (Å²) in [6.07, 6.45) is 0. The highest BCUT2D eigenvalue weighted by Gasteiger charge is 2.26. The summed E-state index contributed by atoms with van der Waals surface area (Å²) in [5.74, 6) is 0.521. The van der Waals surface area contributed by atoms with Crippen molar-refractivity contribution in [1.82, 2.24) is 0 Å². The maximum atomic E-state index is 7.80. The second-order valence-corrected chi connectivity index (χ2v) is 4.34. The summed E-state index contributed by atoms with van der Waals surface area (Å²) in [6.45, 7) is 4.54. The average molecular weight is 212 g/mol. The fraction of sp³-hybridized carbons (Fsp3) is 0.364. The molecule has 0 saturated heterocycles. The molecule has 1 aliphatic heterocycles. The van der Waals surface area contributed by atoms with Crippen LogP contribution in [0.25, 0.3) is 0 Å². The summed E-state index contributed by atoms with van der Waals surface area (Å²) in [6, 6.07) is 5.56. The molecule has 0 N–H and O–H groups in total. The highest BCUT2D eigenvalue weighted by Crippen LogP contribution is 2.21. The van der Waals surface area contributed by atoms with Gasteiger partial charge in [-0.3, -0.25) is 0 Å². The van der Waals surface area contributed by atoms with Crippen LogP contribution in [0.3, 0.4) is 0 Å². The van der Waals surface area contributed by atoms with Gasteiger partial charge in [-0.15, -0.1) is 0 Å². The highest BCUT2D eigenvalue weighted by atomic mass is 35.5. The Hall–Kier alpha value is -1.02. The van der Waals surface area contributed by atoms with Crippen LogP contribution in [-0.4, -0.2) is 18.0 Å². The molecule has 74 valence electrons. The van der Waals surface area contributed by atoms with Crippen molar-refractivity contribution in [3.63, 3.8) is 0 Å². The zero-order valence-corrected chi connectivity index (χ0v) is 8.93. The molecule has 0 spiro atoms. The van der Waals surface area contributed by atoms with Crippen molar-refractivity contribution >= 4 is 17.5 Å². The van der Waals surface area contributed by atoms with Gasteiger partial charge >= 0.3 is 0 Å². The van der Waals surface area contributed by atoms with Crippen molar-refractivity contribution in [2.24, 2.45) is 4.99 Å². The van der Waals surface area contributed by atoms with Gasteiger partial charge in [0.1, 0.15) is 6.61 Å². The zero-order chi connectivity index (χ0) is 11.1. The lowest BCUT2D eigenvalue weighted by Gasteiger charge is -2.07. The summed E-state index contributed by atoms with van der Waals surface area (Å²) in [4.78, 5) is 4.41. The number of ether oxygens (including phenoxy) is 1. The van der Waals surface area contributed by atoms with E-state index >= 15 is 0 Å². The van der Waals surface area contributed by atoms with Crippen LogP contribution >= 0.6 is 11.6 Å². The highest BCUT2D eigenvalue weighted by molar-refractivity contribution is 6.30. The number of rotatable bonds is 1. The third kappa shape index (κ3) is 1.90. The van der Waals surface area contributed by atoms with Crippen molar-refractivity contribution in [3.8, 4) is 0 Å². The Morgan fingerprint density at radius 3 is 3.00 bits per heavy atom. The normalized spacial score (nSPS) is 19.9. The molecule has 0 unspecified atom stereocenters. The van der Waals surface area contributed by atoms with Crippen LogP contribution in [0.4, 0.5) is 0 Å². The molecule has 1 aromatic carbocycles. The van der Waals surface area contributed by atoms with E-state index in [1.807, 2.05) is 13.8 Å². The molecule has 0 amide bonds. The summed E-state index contributed by atoms with van der Waals surface area (Å²) < 4.78 is 13.3. The van der Waals surface area contributed by atoms with Gasteiger partial charge in [-0.25, -0.2) is 4.99 Å². The van der Waals surface area contributed by atoms with Gasteiger partial charge in [-0.05, 0) is 32.0 Å². The van der Waals surface area contributed by atoms with E-state index in [1.54, 1.807) is 18.2 Å². The van der Waals surface area contributed by atoms with Crippen LogP contribution in [0.1, 0.15) is 20.8 Å². The Labute approximate surface area is 90.0 Å². The number of nitrogens with zero attached hydrogens (tertiary/aromatic N) is 1. The second kappa shape index (κ2) is 3.28. The molecular weight excluding hydrogens is 198 g/mol. The quantitative estimate of drug-likeness (QED) is 0.700. The molecule has 2 nitrogen and oxygen atoms in total. The lowest BCUT2D eigenvalue weighted by atomic mass is 10.1.